The van der Waals surface area contributed by atoms with E-state index in [0.29, 0.717) is 0 Å². The molecule has 0 spiro atoms. The zero-order valence-electron chi connectivity index (χ0n) is 16.4. The number of piperidine rings is 1. The summed E-state index contributed by atoms with van der Waals surface area (Å²) in [5.74, 6) is 1.84. The van der Waals surface area contributed by atoms with Crippen LogP contribution in [0.5, 0.6) is 0 Å². The SMILES string of the molecule is CCNC(=NCC(C)(C)SC)NCCCCN1CCCC(C)C1.I. The highest BCUT2D eigenvalue weighted by atomic mass is 127. The van der Waals surface area contributed by atoms with Crippen molar-refractivity contribution in [3.05, 3.63) is 0 Å². The summed E-state index contributed by atoms with van der Waals surface area (Å²) in [6.45, 7) is 15.6. The molecule has 1 aliphatic rings. The third-order valence-electron chi connectivity index (χ3n) is 4.45. The van der Waals surface area contributed by atoms with Gasteiger partial charge in [-0.05, 0) is 71.7 Å². The predicted octanol–water partition coefficient (Wildman–Crippen LogP) is 3.81. The lowest BCUT2D eigenvalue weighted by molar-refractivity contribution is 0.181. The second-order valence-corrected chi connectivity index (χ2v) is 8.85. The molecule has 0 radical (unpaired) electrons. The summed E-state index contributed by atoms with van der Waals surface area (Å²) in [5, 5.41) is 6.82. The van der Waals surface area contributed by atoms with Gasteiger partial charge in [0.25, 0.3) is 0 Å². The lowest BCUT2D eigenvalue weighted by Gasteiger charge is -2.30. The Morgan fingerprint density at radius 2 is 2.04 bits per heavy atom. The van der Waals surface area contributed by atoms with E-state index in [-0.39, 0.29) is 28.7 Å². The van der Waals surface area contributed by atoms with Crippen LogP contribution in [0.15, 0.2) is 4.99 Å². The molecule has 1 unspecified atom stereocenters. The lowest BCUT2D eigenvalue weighted by Crippen LogP contribution is -2.39. The predicted molar refractivity (Wildman–Crippen MR) is 121 cm³/mol. The Hall–Kier alpha value is 0.310. The molecule has 144 valence electrons. The fraction of sp³-hybridized carbons (Fsp3) is 0.944. The second kappa shape index (κ2) is 13.5. The third kappa shape index (κ3) is 11.0. The molecule has 0 aliphatic carbocycles. The summed E-state index contributed by atoms with van der Waals surface area (Å²) < 4.78 is 0.202. The molecule has 0 aromatic heterocycles. The van der Waals surface area contributed by atoms with Crippen molar-refractivity contribution in [2.24, 2.45) is 10.9 Å². The van der Waals surface area contributed by atoms with Gasteiger partial charge < -0.3 is 15.5 Å². The van der Waals surface area contributed by atoms with Gasteiger partial charge in [0.1, 0.15) is 0 Å². The Labute approximate surface area is 171 Å². The van der Waals surface area contributed by atoms with Crippen LogP contribution in [0, 0.1) is 5.92 Å². The molecule has 0 amide bonds. The van der Waals surface area contributed by atoms with Gasteiger partial charge in [-0.25, -0.2) is 0 Å². The Balaban J connectivity index is 0.00000529. The lowest BCUT2D eigenvalue weighted by atomic mass is 10.0. The molecule has 1 atom stereocenters. The number of unbranched alkanes of at least 4 members (excludes halogenated alkanes) is 1. The van der Waals surface area contributed by atoms with Gasteiger partial charge in [-0.15, -0.1) is 24.0 Å². The van der Waals surface area contributed by atoms with E-state index in [2.05, 4.69) is 49.5 Å². The van der Waals surface area contributed by atoms with Crippen LogP contribution in [0.25, 0.3) is 0 Å². The molecule has 1 rings (SSSR count). The number of hydrogen-bond donors (Lipinski definition) is 2. The zero-order valence-corrected chi connectivity index (χ0v) is 19.5. The van der Waals surface area contributed by atoms with Gasteiger partial charge in [0.05, 0.1) is 6.54 Å². The minimum absolute atomic E-state index is 0. The molecule has 1 saturated heterocycles. The van der Waals surface area contributed by atoms with E-state index in [1.165, 1.54) is 45.3 Å². The van der Waals surface area contributed by atoms with E-state index in [1.807, 2.05) is 11.8 Å². The van der Waals surface area contributed by atoms with Crippen molar-refractivity contribution in [2.75, 3.05) is 45.5 Å². The van der Waals surface area contributed by atoms with Crippen molar-refractivity contribution in [1.29, 1.82) is 0 Å². The number of hydrogen-bond acceptors (Lipinski definition) is 3. The van der Waals surface area contributed by atoms with Crippen molar-refractivity contribution in [1.82, 2.24) is 15.5 Å². The first kappa shape index (κ1) is 24.3. The first-order valence-electron chi connectivity index (χ1n) is 9.26. The van der Waals surface area contributed by atoms with E-state index in [0.717, 1.165) is 31.5 Å². The molecule has 0 aromatic rings. The summed E-state index contributed by atoms with van der Waals surface area (Å²) in [5.41, 5.74) is 0. The number of halogens is 1. The smallest absolute Gasteiger partial charge is 0.191 e. The molecule has 0 saturated carbocycles. The van der Waals surface area contributed by atoms with Gasteiger partial charge >= 0.3 is 0 Å². The maximum atomic E-state index is 4.72. The van der Waals surface area contributed by atoms with E-state index >= 15 is 0 Å². The highest BCUT2D eigenvalue weighted by Crippen LogP contribution is 2.21. The highest BCUT2D eigenvalue weighted by Gasteiger charge is 2.16. The van der Waals surface area contributed by atoms with Crippen molar-refractivity contribution >= 4 is 41.7 Å². The maximum Gasteiger partial charge on any atom is 0.191 e. The van der Waals surface area contributed by atoms with Crippen molar-refractivity contribution in [3.8, 4) is 0 Å². The molecular formula is C18H39IN4S. The van der Waals surface area contributed by atoms with Crippen LogP contribution in [-0.4, -0.2) is 61.1 Å². The van der Waals surface area contributed by atoms with Crippen LogP contribution in [0.3, 0.4) is 0 Å². The van der Waals surface area contributed by atoms with Crippen LogP contribution < -0.4 is 10.6 Å². The topological polar surface area (TPSA) is 39.7 Å². The van der Waals surface area contributed by atoms with Crippen LogP contribution in [0.1, 0.15) is 53.4 Å². The summed E-state index contributed by atoms with van der Waals surface area (Å²) in [6.07, 6.45) is 7.42. The number of rotatable bonds is 9. The van der Waals surface area contributed by atoms with Gasteiger partial charge in [0.15, 0.2) is 5.96 Å². The molecule has 4 nitrogen and oxygen atoms in total. The third-order valence-corrected chi connectivity index (χ3v) is 5.68. The van der Waals surface area contributed by atoms with E-state index < -0.39 is 0 Å². The van der Waals surface area contributed by atoms with Crippen LogP contribution >= 0.6 is 35.7 Å². The summed E-state index contributed by atoms with van der Waals surface area (Å²) >= 11 is 1.87. The Kier molecular flexibility index (Phi) is 13.7. The van der Waals surface area contributed by atoms with Crippen LogP contribution in [0.2, 0.25) is 0 Å². The molecule has 1 fully saturated rings. The summed E-state index contributed by atoms with van der Waals surface area (Å²) in [4.78, 5) is 7.35. The van der Waals surface area contributed by atoms with Gasteiger partial charge in [0.2, 0.25) is 0 Å². The number of likely N-dealkylation sites (tertiary alicyclic amines) is 1. The number of aliphatic imine (C=N–C) groups is 1. The second-order valence-electron chi connectivity index (χ2n) is 7.34. The summed E-state index contributed by atoms with van der Waals surface area (Å²) in [7, 11) is 0. The quantitative estimate of drug-likeness (QED) is 0.233. The number of nitrogens with one attached hydrogen (secondary N) is 2. The molecule has 1 aliphatic heterocycles. The Morgan fingerprint density at radius 3 is 2.67 bits per heavy atom. The zero-order chi connectivity index (χ0) is 17.1. The Bertz CT molecular complexity index is 350. The maximum absolute atomic E-state index is 4.72. The van der Waals surface area contributed by atoms with E-state index in [4.69, 9.17) is 4.99 Å². The number of nitrogens with zero attached hydrogens (tertiary/aromatic N) is 2. The largest absolute Gasteiger partial charge is 0.357 e. The van der Waals surface area contributed by atoms with E-state index in [1.54, 1.807) is 0 Å². The normalized spacial score (nSPS) is 19.7. The molecule has 6 heteroatoms. The Morgan fingerprint density at radius 1 is 1.29 bits per heavy atom. The molecular weight excluding hydrogens is 431 g/mol. The molecule has 0 bridgehead atoms. The van der Waals surface area contributed by atoms with Gasteiger partial charge in [-0.2, -0.15) is 11.8 Å². The average molecular weight is 471 g/mol. The summed E-state index contributed by atoms with van der Waals surface area (Å²) in [6, 6.07) is 0. The highest BCUT2D eigenvalue weighted by molar-refractivity contribution is 14.0. The number of guanidine groups is 1. The first-order chi connectivity index (χ1) is 11.0. The van der Waals surface area contributed by atoms with Gasteiger partial charge in [0, 0.05) is 24.4 Å². The monoisotopic (exact) mass is 470 g/mol. The minimum atomic E-state index is 0. The molecule has 24 heavy (non-hydrogen) atoms. The van der Waals surface area contributed by atoms with Gasteiger partial charge in [-0.3, -0.25) is 4.99 Å². The van der Waals surface area contributed by atoms with Crippen molar-refractivity contribution < 1.29 is 0 Å². The van der Waals surface area contributed by atoms with Crippen LogP contribution in [0.4, 0.5) is 0 Å². The fourth-order valence-electron chi connectivity index (χ4n) is 2.83. The average Bonchev–Trinajstić information content (AvgIpc) is 2.52. The van der Waals surface area contributed by atoms with E-state index in [9.17, 15) is 0 Å². The van der Waals surface area contributed by atoms with Gasteiger partial charge in [-0.1, -0.05) is 6.92 Å². The fourth-order valence-corrected chi connectivity index (χ4v) is 3.03. The molecule has 1 heterocycles. The standard InChI is InChI=1S/C18H38N4S.HI/c1-6-19-17(21-15-18(3,4)23-5)20-11-7-8-12-22-13-9-10-16(2)14-22;/h16H,6-15H2,1-5H3,(H2,19,20,21);1H. The molecule has 0 aromatic carbocycles. The number of thioether (sulfide) groups is 1. The minimum Gasteiger partial charge on any atom is -0.357 e. The van der Waals surface area contributed by atoms with Crippen LogP contribution in [-0.2, 0) is 0 Å². The molecule has 2 N–H and O–H groups in total. The first-order valence-corrected chi connectivity index (χ1v) is 10.5. The van der Waals surface area contributed by atoms with Crippen molar-refractivity contribution in [2.45, 2.75) is 58.1 Å². The van der Waals surface area contributed by atoms with Crippen molar-refractivity contribution in [3.63, 3.8) is 0 Å².